The van der Waals surface area contributed by atoms with Gasteiger partial charge < -0.3 is 36.2 Å². The zero-order chi connectivity index (χ0) is 30.0. The number of esters is 1. The number of rotatable bonds is 15. The quantitative estimate of drug-likeness (QED) is 0.158. The predicted octanol–water partition coefficient (Wildman–Crippen LogP) is -0.0347. The van der Waals surface area contributed by atoms with E-state index in [1.807, 2.05) is 0 Å². The van der Waals surface area contributed by atoms with Crippen molar-refractivity contribution in [3.8, 4) is 0 Å². The van der Waals surface area contributed by atoms with Crippen LogP contribution in [-0.2, 0) is 72.0 Å². The molecule has 40 heavy (non-hydrogen) atoms. The maximum atomic E-state index is 12.9. The third-order valence-electron chi connectivity index (χ3n) is 5.94. The third-order valence-corrected chi connectivity index (χ3v) is 5.94. The van der Waals surface area contributed by atoms with E-state index in [1.165, 1.54) is 36.4 Å². The van der Waals surface area contributed by atoms with Crippen molar-refractivity contribution in [1.29, 1.82) is 0 Å². The Morgan fingerprint density at radius 2 is 1.10 bits per heavy atom. The summed E-state index contributed by atoms with van der Waals surface area (Å²) in [7, 11) is 1.12. The Hall–Kier alpha value is -4.78. The van der Waals surface area contributed by atoms with E-state index in [0.29, 0.717) is 22.3 Å². The summed E-state index contributed by atoms with van der Waals surface area (Å²) in [4.78, 5) is 70.0. The van der Waals surface area contributed by atoms with Gasteiger partial charge in [0.1, 0.15) is 6.04 Å². The summed E-state index contributed by atoms with van der Waals surface area (Å²) in [6.07, 6.45) is -1.77. The number of carboxylic acid groups (broad SMARTS) is 4. The lowest BCUT2D eigenvalue weighted by Crippen LogP contribution is -2.50. The molecular weight excluding hydrogens is 528 g/mol. The molecule has 2 atom stereocenters. The van der Waals surface area contributed by atoms with Gasteiger partial charge in [-0.05, 0) is 39.8 Å². The molecule has 0 aliphatic rings. The van der Waals surface area contributed by atoms with Crippen molar-refractivity contribution in [3.05, 3.63) is 69.8 Å². The molecule has 214 valence electrons. The fraction of sp³-hybridized carbons (Fsp3) is 0.333. The second-order valence-corrected chi connectivity index (χ2v) is 9.09. The zero-order valence-electron chi connectivity index (χ0n) is 21.6. The largest absolute Gasteiger partial charge is 0.481 e. The van der Waals surface area contributed by atoms with Crippen LogP contribution in [-0.4, -0.2) is 75.4 Å². The highest BCUT2D eigenvalue weighted by Gasteiger charge is 2.26. The number of hydrogen-bond donors (Lipinski definition) is 6. The summed E-state index contributed by atoms with van der Waals surface area (Å²) in [5.74, 6) is -6.12. The summed E-state index contributed by atoms with van der Waals surface area (Å²) in [6.45, 7) is 0. The molecule has 0 radical (unpaired) electrons. The van der Waals surface area contributed by atoms with E-state index in [4.69, 9.17) is 25.8 Å². The predicted molar refractivity (Wildman–Crippen MR) is 138 cm³/mol. The molecule has 0 aliphatic heterocycles. The van der Waals surface area contributed by atoms with Crippen molar-refractivity contribution in [2.45, 2.75) is 50.6 Å². The van der Waals surface area contributed by atoms with Gasteiger partial charge in [0, 0.05) is 6.42 Å². The molecule has 0 fully saturated rings. The third kappa shape index (κ3) is 9.83. The first-order valence-electron chi connectivity index (χ1n) is 12.0. The molecule has 13 nitrogen and oxygen atoms in total. The molecular formula is C27H30N2O11. The van der Waals surface area contributed by atoms with Gasteiger partial charge in [-0.25, -0.2) is 4.79 Å². The second kappa shape index (κ2) is 14.4. The van der Waals surface area contributed by atoms with Crippen LogP contribution in [0.4, 0.5) is 0 Å². The first-order valence-corrected chi connectivity index (χ1v) is 12.0. The number of methoxy groups -OCH3 is 1. The van der Waals surface area contributed by atoms with Crippen LogP contribution in [0.15, 0.2) is 36.4 Å². The smallest absolute Gasteiger partial charge is 0.328 e. The van der Waals surface area contributed by atoms with Gasteiger partial charge in [0.2, 0.25) is 5.91 Å². The van der Waals surface area contributed by atoms with Crippen LogP contribution in [0.25, 0.3) is 0 Å². The van der Waals surface area contributed by atoms with Gasteiger partial charge in [-0.3, -0.25) is 24.0 Å². The van der Waals surface area contributed by atoms with E-state index in [-0.39, 0.29) is 36.8 Å². The van der Waals surface area contributed by atoms with Crippen LogP contribution < -0.4 is 11.1 Å². The van der Waals surface area contributed by atoms with Crippen LogP contribution in [0.5, 0.6) is 0 Å². The highest BCUT2D eigenvalue weighted by atomic mass is 16.5. The SMILES string of the molecule is COC(=O)C(Cc1ccc(CC(=O)O)c(CC(=O)O)c1)NC(=O)C(N)Cc1ccc(CC(=O)O)c(CC(=O)O)c1. The van der Waals surface area contributed by atoms with Gasteiger partial charge in [0.05, 0.1) is 38.8 Å². The van der Waals surface area contributed by atoms with Gasteiger partial charge >= 0.3 is 29.8 Å². The number of ether oxygens (including phenoxy) is 1. The summed E-state index contributed by atoms with van der Waals surface area (Å²) < 4.78 is 4.78. The van der Waals surface area contributed by atoms with Gasteiger partial charge in [-0.2, -0.15) is 0 Å². The van der Waals surface area contributed by atoms with Gasteiger partial charge in [0.25, 0.3) is 0 Å². The first kappa shape index (κ1) is 31.4. The van der Waals surface area contributed by atoms with Crippen LogP contribution in [0.2, 0.25) is 0 Å². The number of nitrogens with one attached hydrogen (secondary N) is 1. The normalized spacial score (nSPS) is 12.2. The summed E-state index contributed by atoms with van der Waals surface area (Å²) in [6, 6.07) is 6.53. The van der Waals surface area contributed by atoms with E-state index in [1.54, 1.807) is 0 Å². The van der Waals surface area contributed by atoms with E-state index in [0.717, 1.165) is 7.11 Å². The molecule has 7 N–H and O–H groups in total. The number of benzene rings is 2. The molecule has 2 aromatic carbocycles. The average Bonchev–Trinajstić information content (AvgIpc) is 2.85. The molecule has 0 saturated carbocycles. The molecule has 1 amide bonds. The Morgan fingerprint density at radius 3 is 1.50 bits per heavy atom. The first-order chi connectivity index (χ1) is 18.8. The number of amides is 1. The van der Waals surface area contributed by atoms with Gasteiger partial charge in [-0.15, -0.1) is 0 Å². The maximum absolute atomic E-state index is 12.9. The van der Waals surface area contributed by atoms with Crippen molar-refractivity contribution < 1.29 is 53.9 Å². The van der Waals surface area contributed by atoms with Gasteiger partial charge in [0.15, 0.2) is 0 Å². The molecule has 13 heteroatoms. The standard InChI is InChI=1S/C27H30N2O11/c1-40-27(39)21(9-15-3-5-17(11-23(32)33)19(7-15)13-25(36)37)29-26(38)20(28)8-14-2-4-16(10-22(30)31)18(6-14)12-24(34)35/h2-7,20-21H,8-13,28H2,1H3,(H,29,38)(H,30,31)(H,32,33)(H,34,35)(H,36,37). The molecule has 0 bridgehead atoms. The van der Waals surface area contributed by atoms with E-state index in [2.05, 4.69) is 5.32 Å². The lowest BCUT2D eigenvalue weighted by atomic mass is 9.95. The number of carbonyl (C=O) groups excluding carboxylic acids is 2. The molecule has 0 saturated heterocycles. The van der Waals surface area contributed by atoms with Crippen LogP contribution >= 0.6 is 0 Å². The number of carbonyl (C=O) groups is 6. The summed E-state index contributed by atoms with van der Waals surface area (Å²) in [5, 5.41) is 39.0. The minimum atomic E-state index is -1.20. The van der Waals surface area contributed by atoms with Crippen LogP contribution in [0, 0.1) is 0 Å². The fourth-order valence-corrected chi connectivity index (χ4v) is 4.13. The number of carboxylic acids is 4. The van der Waals surface area contributed by atoms with Crippen molar-refractivity contribution >= 4 is 35.8 Å². The molecule has 0 aromatic heterocycles. The van der Waals surface area contributed by atoms with E-state index >= 15 is 0 Å². The number of hydrogen-bond acceptors (Lipinski definition) is 8. The van der Waals surface area contributed by atoms with E-state index in [9.17, 15) is 33.9 Å². The lowest BCUT2D eigenvalue weighted by molar-refractivity contribution is -0.145. The molecule has 2 aromatic rings. The highest BCUT2D eigenvalue weighted by Crippen LogP contribution is 2.18. The molecule has 0 heterocycles. The maximum Gasteiger partial charge on any atom is 0.328 e. The Morgan fingerprint density at radius 1 is 0.700 bits per heavy atom. The zero-order valence-corrected chi connectivity index (χ0v) is 21.6. The van der Waals surface area contributed by atoms with Crippen molar-refractivity contribution in [2.24, 2.45) is 5.73 Å². The fourth-order valence-electron chi connectivity index (χ4n) is 4.13. The highest BCUT2D eigenvalue weighted by molar-refractivity contribution is 5.88. The minimum absolute atomic E-state index is 0.0493. The molecule has 0 aliphatic carbocycles. The Bertz CT molecular complexity index is 1310. The molecule has 2 unspecified atom stereocenters. The summed E-state index contributed by atoms with van der Waals surface area (Å²) >= 11 is 0. The molecule has 2 rings (SSSR count). The Kier molecular flexibility index (Phi) is 11.3. The minimum Gasteiger partial charge on any atom is -0.481 e. The van der Waals surface area contributed by atoms with Crippen molar-refractivity contribution in [2.75, 3.05) is 7.11 Å². The van der Waals surface area contributed by atoms with Gasteiger partial charge in [-0.1, -0.05) is 36.4 Å². The average molecular weight is 559 g/mol. The number of aliphatic carboxylic acids is 4. The summed E-state index contributed by atoms with van der Waals surface area (Å²) in [5.41, 5.74) is 8.13. The van der Waals surface area contributed by atoms with Crippen LogP contribution in [0.1, 0.15) is 33.4 Å². The van der Waals surface area contributed by atoms with Crippen LogP contribution in [0.3, 0.4) is 0 Å². The van der Waals surface area contributed by atoms with Crippen molar-refractivity contribution in [3.63, 3.8) is 0 Å². The monoisotopic (exact) mass is 558 g/mol. The second-order valence-electron chi connectivity index (χ2n) is 9.09. The Balaban J connectivity index is 2.21. The van der Waals surface area contributed by atoms with E-state index < -0.39 is 60.7 Å². The number of nitrogens with two attached hydrogens (primary N) is 1. The van der Waals surface area contributed by atoms with Crippen molar-refractivity contribution in [1.82, 2.24) is 5.32 Å². The molecule has 0 spiro atoms. The topological polar surface area (TPSA) is 231 Å². The lowest BCUT2D eigenvalue weighted by Gasteiger charge is -2.20. The Labute approximate surface area is 228 Å².